The fourth-order valence-corrected chi connectivity index (χ4v) is 5.07. The Balaban J connectivity index is -0.00000127. The Kier molecular flexibility index (Phi) is 62.7. The van der Waals surface area contributed by atoms with Crippen LogP contribution in [-0.4, -0.2) is 78.3 Å². The molecule has 0 aromatic rings. The van der Waals surface area contributed by atoms with Crippen LogP contribution < -0.4 is 21.3 Å². The van der Waals surface area contributed by atoms with Gasteiger partial charge >= 0.3 is 0 Å². The van der Waals surface area contributed by atoms with Crippen LogP contribution in [0.15, 0.2) is 0 Å². The van der Waals surface area contributed by atoms with Crippen molar-refractivity contribution in [2.45, 2.75) is 149 Å². The zero-order chi connectivity index (χ0) is 29.0. The summed E-state index contributed by atoms with van der Waals surface area (Å²) < 4.78 is 11.8. The van der Waals surface area contributed by atoms with Gasteiger partial charge in [-0.2, -0.15) is 0 Å². The van der Waals surface area contributed by atoms with Gasteiger partial charge in [-0.1, -0.05) is 110 Å². The Morgan fingerprint density at radius 2 is 0.818 bits per heavy atom. The third-order valence-electron chi connectivity index (χ3n) is 7.59. The maximum Gasteiger partial charge on any atom is 0.0932 e. The van der Waals surface area contributed by atoms with Gasteiger partial charge in [-0.25, -0.2) is 0 Å². The minimum Gasteiger partial charge on any atom is -0.379 e. The molecule has 0 fully saturated rings. The summed E-state index contributed by atoms with van der Waals surface area (Å²) >= 11 is 0. The number of hydrogen-bond donors (Lipinski definition) is 4. The Labute approximate surface area is 300 Å². The first-order chi connectivity index (χ1) is 19.8. The summed E-state index contributed by atoms with van der Waals surface area (Å²) in [6.45, 7) is 17.3. The highest BCUT2D eigenvalue weighted by Gasteiger charge is 2.08. The summed E-state index contributed by atoms with van der Waals surface area (Å²) in [7, 11) is 0. The average molecular weight is 717 g/mol. The molecule has 10 heteroatoms. The van der Waals surface area contributed by atoms with E-state index in [1.807, 2.05) is 0 Å². The van der Waals surface area contributed by atoms with E-state index in [-0.39, 0.29) is 55.7 Å². The molecule has 1 atom stereocenters. The number of rotatable bonds is 36. The van der Waals surface area contributed by atoms with Gasteiger partial charge < -0.3 is 30.7 Å². The smallest absolute Gasteiger partial charge is 0.0932 e. The van der Waals surface area contributed by atoms with E-state index in [2.05, 4.69) is 42.0 Å². The second kappa shape index (κ2) is 50.8. The SMILES string of the molecule is CCCCCCCCCCCCCCCCCCOCC(CNCCCNCCCNCCCNCC)OCC.Cl.Cl.Cl.Cl. The van der Waals surface area contributed by atoms with Crippen molar-refractivity contribution in [3.63, 3.8) is 0 Å². The van der Waals surface area contributed by atoms with Crippen molar-refractivity contribution in [3.05, 3.63) is 0 Å². The molecule has 0 radical (unpaired) electrons. The molecule has 0 aliphatic carbocycles. The molecule has 0 rings (SSSR count). The van der Waals surface area contributed by atoms with Crippen LogP contribution in [0, 0.1) is 0 Å². The normalized spacial score (nSPS) is 11.2. The molecular formula is C34H78Cl4N4O2. The molecular weight excluding hydrogens is 638 g/mol. The molecule has 0 amide bonds. The minimum atomic E-state index is 0. The lowest BCUT2D eigenvalue weighted by molar-refractivity contribution is -0.0113. The van der Waals surface area contributed by atoms with Gasteiger partial charge in [0.25, 0.3) is 0 Å². The van der Waals surface area contributed by atoms with E-state index in [0.717, 1.165) is 72.0 Å². The molecule has 274 valence electrons. The van der Waals surface area contributed by atoms with E-state index < -0.39 is 0 Å². The summed E-state index contributed by atoms with van der Waals surface area (Å²) in [5, 5.41) is 14.0. The third kappa shape index (κ3) is 47.3. The molecule has 0 aliphatic heterocycles. The van der Waals surface area contributed by atoms with Crippen molar-refractivity contribution in [3.8, 4) is 0 Å². The lowest BCUT2D eigenvalue weighted by atomic mass is 10.0. The molecule has 6 nitrogen and oxygen atoms in total. The molecule has 0 bridgehead atoms. The Hall–Kier alpha value is 0.920. The fraction of sp³-hybridized carbons (Fsp3) is 1.00. The van der Waals surface area contributed by atoms with Crippen molar-refractivity contribution < 1.29 is 9.47 Å². The molecule has 4 N–H and O–H groups in total. The molecule has 0 saturated carbocycles. The molecule has 1 unspecified atom stereocenters. The van der Waals surface area contributed by atoms with E-state index >= 15 is 0 Å². The maximum atomic E-state index is 5.95. The second-order valence-corrected chi connectivity index (χ2v) is 11.6. The van der Waals surface area contributed by atoms with Gasteiger partial charge in [0.15, 0.2) is 0 Å². The van der Waals surface area contributed by atoms with Crippen LogP contribution in [0.25, 0.3) is 0 Å². The first-order valence-electron chi connectivity index (χ1n) is 17.9. The molecule has 0 heterocycles. The van der Waals surface area contributed by atoms with E-state index in [4.69, 9.17) is 9.47 Å². The monoisotopic (exact) mass is 714 g/mol. The van der Waals surface area contributed by atoms with Gasteiger partial charge in [0.2, 0.25) is 0 Å². The van der Waals surface area contributed by atoms with Crippen LogP contribution in [0.5, 0.6) is 0 Å². The van der Waals surface area contributed by atoms with Crippen LogP contribution >= 0.6 is 49.6 Å². The van der Waals surface area contributed by atoms with Crippen LogP contribution in [0.4, 0.5) is 0 Å². The zero-order valence-corrected chi connectivity index (χ0v) is 32.5. The van der Waals surface area contributed by atoms with Gasteiger partial charge in [-0.15, -0.1) is 49.6 Å². The maximum absolute atomic E-state index is 5.95. The molecule has 0 aromatic carbocycles. The lowest BCUT2D eigenvalue weighted by Gasteiger charge is -2.18. The van der Waals surface area contributed by atoms with Gasteiger partial charge in [0, 0.05) is 19.8 Å². The number of nitrogens with one attached hydrogen (secondary N) is 4. The van der Waals surface area contributed by atoms with Crippen molar-refractivity contribution in [1.29, 1.82) is 0 Å². The first kappa shape index (κ1) is 54.4. The predicted molar refractivity (Wildman–Crippen MR) is 206 cm³/mol. The highest BCUT2D eigenvalue weighted by Crippen LogP contribution is 2.13. The summed E-state index contributed by atoms with van der Waals surface area (Å²) in [5.74, 6) is 0. The predicted octanol–water partition coefficient (Wildman–Crippen LogP) is 8.91. The highest BCUT2D eigenvalue weighted by atomic mass is 35.5. The van der Waals surface area contributed by atoms with E-state index in [9.17, 15) is 0 Å². The van der Waals surface area contributed by atoms with Crippen LogP contribution in [0.2, 0.25) is 0 Å². The van der Waals surface area contributed by atoms with E-state index in [0.29, 0.717) is 6.61 Å². The van der Waals surface area contributed by atoms with Gasteiger partial charge in [0.1, 0.15) is 0 Å². The fourth-order valence-electron chi connectivity index (χ4n) is 5.07. The Bertz CT molecular complexity index is 462. The standard InChI is InChI=1S/C34H74N4O2.4ClH/c1-4-7-8-9-10-11-12-13-14-15-16-17-18-19-20-21-31-39-33-34(40-6-3)32-38-30-24-29-37-28-23-27-36-26-22-25-35-5-2;;;;/h34-38H,4-33H2,1-3H3;4*1H. The molecule has 0 aliphatic rings. The summed E-state index contributed by atoms with van der Waals surface area (Å²) in [4.78, 5) is 0. The van der Waals surface area contributed by atoms with Gasteiger partial charge in [0.05, 0.1) is 12.7 Å². The van der Waals surface area contributed by atoms with Crippen molar-refractivity contribution in [2.75, 3.05) is 72.2 Å². The topological polar surface area (TPSA) is 66.6 Å². The van der Waals surface area contributed by atoms with Gasteiger partial charge in [-0.05, 0) is 78.4 Å². The van der Waals surface area contributed by atoms with Crippen molar-refractivity contribution in [2.24, 2.45) is 0 Å². The number of unbranched alkanes of at least 4 members (excludes halogenated alkanes) is 15. The molecule has 0 aromatic heterocycles. The lowest BCUT2D eigenvalue weighted by Crippen LogP contribution is -2.34. The second-order valence-electron chi connectivity index (χ2n) is 11.6. The average Bonchev–Trinajstić information content (AvgIpc) is 2.96. The minimum absolute atomic E-state index is 0. The Morgan fingerprint density at radius 3 is 1.23 bits per heavy atom. The van der Waals surface area contributed by atoms with Crippen LogP contribution in [-0.2, 0) is 9.47 Å². The number of hydrogen-bond acceptors (Lipinski definition) is 6. The quantitative estimate of drug-likeness (QED) is 0.0486. The summed E-state index contributed by atoms with van der Waals surface area (Å²) in [5.41, 5.74) is 0. The largest absolute Gasteiger partial charge is 0.379 e. The van der Waals surface area contributed by atoms with Crippen LogP contribution in [0.3, 0.4) is 0 Å². The van der Waals surface area contributed by atoms with Crippen LogP contribution in [0.1, 0.15) is 143 Å². The van der Waals surface area contributed by atoms with E-state index in [1.165, 1.54) is 116 Å². The summed E-state index contributed by atoms with van der Waals surface area (Å²) in [6.07, 6.45) is 26.2. The molecule has 44 heavy (non-hydrogen) atoms. The molecule has 0 saturated heterocycles. The van der Waals surface area contributed by atoms with Crippen molar-refractivity contribution >= 4 is 49.6 Å². The first-order valence-corrected chi connectivity index (χ1v) is 17.9. The summed E-state index contributed by atoms with van der Waals surface area (Å²) in [6, 6.07) is 0. The highest BCUT2D eigenvalue weighted by molar-refractivity contribution is 5.86. The van der Waals surface area contributed by atoms with E-state index in [1.54, 1.807) is 0 Å². The third-order valence-corrected chi connectivity index (χ3v) is 7.59. The number of ether oxygens (including phenoxy) is 2. The van der Waals surface area contributed by atoms with Crippen molar-refractivity contribution in [1.82, 2.24) is 21.3 Å². The Morgan fingerprint density at radius 1 is 0.432 bits per heavy atom. The number of halogens is 4. The molecule has 0 spiro atoms. The van der Waals surface area contributed by atoms with Gasteiger partial charge in [-0.3, -0.25) is 0 Å². The zero-order valence-electron chi connectivity index (χ0n) is 29.2.